The maximum absolute atomic E-state index is 10.6. The Balaban J connectivity index is 3.85. The van der Waals surface area contributed by atoms with Crippen LogP contribution in [-0.2, 0) is 4.79 Å². The van der Waals surface area contributed by atoms with Crippen molar-refractivity contribution in [2.45, 2.75) is 19.4 Å². The van der Waals surface area contributed by atoms with Crippen molar-refractivity contribution in [1.29, 1.82) is 0 Å². The smallest absolute Gasteiger partial charge is 0.223 e. The van der Waals surface area contributed by atoms with E-state index in [1.807, 2.05) is 0 Å². The fourth-order valence-electron chi connectivity index (χ4n) is 0.739. The molecule has 0 aromatic rings. The van der Waals surface area contributed by atoms with E-state index in [-0.39, 0.29) is 0 Å². The minimum atomic E-state index is -0.643. The summed E-state index contributed by atoms with van der Waals surface area (Å²) < 4.78 is 0. The zero-order valence-corrected chi connectivity index (χ0v) is 7.47. The summed E-state index contributed by atoms with van der Waals surface area (Å²) in [4.78, 5) is 10.6. The van der Waals surface area contributed by atoms with Crippen LogP contribution in [0.5, 0.6) is 0 Å². The Morgan fingerprint density at radius 3 is 2.40 bits per heavy atom. The van der Waals surface area contributed by atoms with Crippen molar-refractivity contribution in [1.82, 2.24) is 0 Å². The second-order valence-electron chi connectivity index (χ2n) is 2.23. The number of rotatable bonds is 4. The summed E-state index contributed by atoms with van der Waals surface area (Å²) in [5.74, 6) is -0.853. The molecule has 60 valence electrons. The van der Waals surface area contributed by atoms with Crippen LogP contribution in [0, 0.1) is 5.92 Å². The lowest BCUT2D eigenvalue weighted by Crippen LogP contribution is -2.31. The summed E-state index contributed by atoms with van der Waals surface area (Å²) in [6.45, 7) is 1.57. The van der Waals surface area contributed by atoms with Gasteiger partial charge in [-0.25, -0.2) is 0 Å². The lowest BCUT2D eigenvalue weighted by molar-refractivity contribution is -0.124. The molecule has 0 heterocycles. The average molecular weight is 210 g/mol. The van der Waals surface area contributed by atoms with Crippen molar-refractivity contribution in [2.24, 2.45) is 11.7 Å². The van der Waals surface area contributed by atoms with Crippen LogP contribution >= 0.6 is 15.9 Å². The minimum Gasteiger partial charge on any atom is -0.393 e. The molecule has 0 fully saturated rings. The second kappa shape index (κ2) is 4.68. The Bertz CT molecular complexity index is 116. The fourth-order valence-corrected chi connectivity index (χ4v) is 1.23. The van der Waals surface area contributed by atoms with Gasteiger partial charge in [0.15, 0.2) is 0 Å². The summed E-state index contributed by atoms with van der Waals surface area (Å²) in [6, 6.07) is 0. The molecule has 0 aliphatic rings. The van der Waals surface area contributed by atoms with E-state index < -0.39 is 17.9 Å². The number of amides is 1. The average Bonchev–Trinajstić information content (AvgIpc) is 1.81. The van der Waals surface area contributed by atoms with Gasteiger partial charge in [-0.05, 0) is 13.3 Å². The van der Waals surface area contributed by atoms with E-state index >= 15 is 0 Å². The molecule has 0 saturated heterocycles. The first-order valence-electron chi connectivity index (χ1n) is 3.13. The molecule has 0 bridgehead atoms. The predicted molar refractivity (Wildman–Crippen MR) is 42.8 cm³/mol. The Kier molecular flexibility index (Phi) is 4.64. The molecule has 2 atom stereocenters. The zero-order valence-electron chi connectivity index (χ0n) is 5.88. The lowest BCUT2D eigenvalue weighted by atomic mass is 10.0. The normalized spacial score (nSPS) is 16.3. The third-order valence-corrected chi connectivity index (χ3v) is 1.83. The highest BCUT2D eigenvalue weighted by molar-refractivity contribution is 9.09. The maximum Gasteiger partial charge on any atom is 0.223 e. The van der Waals surface area contributed by atoms with E-state index in [0.29, 0.717) is 11.8 Å². The number of nitrogens with two attached hydrogens (primary N) is 1. The molecular weight excluding hydrogens is 198 g/mol. The lowest BCUT2D eigenvalue weighted by Gasteiger charge is -2.13. The molecule has 0 saturated carbocycles. The van der Waals surface area contributed by atoms with Gasteiger partial charge in [-0.3, -0.25) is 4.79 Å². The van der Waals surface area contributed by atoms with Crippen LogP contribution in [0.2, 0.25) is 0 Å². The highest BCUT2D eigenvalue weighted by Crippen LogP contribution is 2.09. The summed E-state index contributed by atoms with van der Waals surface area (Å²) in [6.07, 6.45) is -0.0532. The van der Waals surface area contributed by atoms with Crippen LogP contribution in [0.4, 0.5) is 0 Å². The number of alkyl halides is 1. The number of aliphatic hydroxyl groups is 1. The first-order valence-corrected chi connectivity index (χ1v) is 4.25. The number of aliphatic hydroxyl groups excluding tert-OH is 1. The Labute approximate surface area is 68.7 Å². The van der Waals surface area contributed by atoms with Gasteiger partial charge >= 0.3 is 0 Å². The van der Waals surface area contributed by atoms with Gasteiger partial charge in [0.2, 0.25) is 5.91 Å². The summed E-state index contributed by atoms with van der Waals surface area (Å²) >= 11 is 3.17. The van der Waals surface area contributed by atoms with Crippen molar-refractivity contribution in [3.05, 3.63) is 0 Å². The molecule has 3 N–H and O–H groups in total. The van der Waals surface area contributed by atoms with E-state index in [9.17, 15) is 4.79 Å². The number of primary amides is 1. The number of halogens is 1. The van der Waals surface area contributed by atoms with Gasteiger partial charge in [0, 0.05) is 5.33 Å². The van der Waals surface area contributed by atoms with E-state index in [1.165, 1.54) is 0 Å². The number of carbonyl (C=O) groups excluding carboxylic acids is 1. The van der Waals surface area contributed by atoms with Gasteiger partial charge < -0.3 is 10.8 Å². The zero-order chi connectivity index (χ0) is 8.15. The van der Waals surface area contributed by atoms with Crippen LogP contribution < -0.4 is 5.73 Å². The van der Waals surface area contributed by atoms with Gasteiger partial charge in [-0.15, -0.1) is 0 Å². The number of hydrogen-bond acceptors (Lipinski definition) is 2. The molecule has 0 aromatic heterocycles. The molecule has 0 aliphatic carbocycles. The van der Waals surface area contributed by atoms with Crippen LogP contribution in [0.3, 0.4) is 0 Å². The highest BCUT2D eigenvalue weighted by atomic mass is 79.9. The molecule has 10 heavy (non-hydrogen) atoms. The molecule has 0 aliphatic heterocycles. The molecule has 4 heteroatoms. The molecule has 0 aromatic carbocycles. The highest BCUT2D eigenvalue weighted by Gasteiger charge is 2.19. The first-order chi connectivity index (χ1) is 4.59. The van der Waals surface area contributed by atoms with Crippen LogP contribution in [0.25, 0.3) is 0 Å². The molecule has 1 amide bonds. The maximum atomic E-state index is 10.6. The van der Waals surface area contributed by atoms with Crippen molar-refractivity contribution in [3.63, 3.8) is 0 Å². The van der Waals surface area contributed by atoms with E-state index in [1.54, 1.807) is 6.92 Å². The summed E-state index contributed by atoms with van der Waals surface area (Å²) in [5, 5.41) is 9.68. The van der Waals surface area contributed by atoms with Crippen LogP contribution in [0.1, 0.15) is 13.3 Å². The predicted octanol–water partition coefficient (Wildman–Crippen LogP) is 0.254. The largest absolute Gasteiger partial charge is 0.393 e. The van der Waals surface area contributed by atoms with Crippen molar-refractivity contribution < 1.29 is 9.90 Å². The van der Waals surface area contributed by atoms with Gasteiger partial charge in [-0.1, -0.05) is 15.9 Å². The first kappa shape index (κ1) is 9.91. The third-order valence-electron chi connectivity index (χ3n) is 1.37. The van der Waals surface area contributed by atoms with Gasteiger partial charge in [-0.2, -0.15) is 0 Å². The van der Waals surface area contributed by atoms with Crippen LogP contribution in [0.15, 0.2) is 0 Å². The molecule has 0 spiro atoms. The van der Waals surface area contributed by atoms with Crippen LogP contribution in [-0.4, -0.2) is 22.4 Å². The van der Waals surface area contributed by atoms with Crippen molar-refractivity contribution >= 4 is 21.8 Å². The van der Waals surface area contributed by atoms with E-state index in [2.05, 4.69) is 15.9 Å². The third kappa shape index (κ3) is 3.17. The number of hydrogen-bond donors (Lipinski definition) is 2. The second-order valence-corrected chi connectivity index (χ2v) is 3.02. The Morgan fingerprint density at radius 2 is 2.30 bits per heavy atom. The topological polar surface area (TPSA) is 63.3 Å². The molecule has 2 unspecified atom stereocenters. The summed E-state index contributed by atoms with van der Waals surface area (Å²) in [5.41, 5.74) is 5.00. The van der Waals surface area contributed by atoms with Gasteiger partial charge in [0.1, 0.15) is 0 Å². The Hall–Kier alpha value is -0.0900. The molecule has 0 radical (unpaired) electrons. The molecular formula is C6H12BrNO2. The monoisotopic (exact) mass is 209 g/mol. The quantitative estimate of drug-likeness (QED) is 0.653. The molecule has 3 nitrogen and oxygen atoms in total. The van der Waals surface area contributed by atoms with E-state index in [0.717, 1.165) is 0 Å². The number of carbonyl (C=O) groups is 1. The van der Waals surface area contributed by atoms with Gasteiger partial charge in [0.25, 0.3) is 0 Å². The minimum absolute atomic E-state index is 0.417. The Morgan fingerprint density at radius 1 is 1.80 bits per heavy atom. The van der Waals surface area contributed by atoms with Crippen molar-refractivity contribution in [2.75, 3.05) is 5.33 Å². The molecule has 0 rings (SSSR count). The van der Waals surface area contributed by atoms with Crippen molar-refractivity contribution in [3.8, 4) is 0 Å². The summed E-state index contributed by atoms with van der Waals surface area (Å²) in [7, 11) is 0. The van der Waals surface area contributed by atoms with E-state index in [4.69, 9.17) is 10.8 Å². The fraction of sp³-hybridized carbons (Fsp3) is 0.833. The standard InChI is InChI=1S/C6H12BrNO2/c1-4(9)5(2-3-7)6(8)10/h4-5,9H,2-3H2,1H3,(H2,8,10). The van der Waals surface area contributed by atoms with Gasteiger partial charge in [0.05, 0.1) is 12.0 Å². The SMILES string of the molecule is CC(O)C(CCBr)C(N)=O.